The number of nitriles is 1. The van der Waals surface area contributed by atoms with Gasteiger partial charge in [0.05, 0.1) is 5.69 Å². The number of aromatic nitrogens is 2. The monoisotopic (exact) mass is 335 g/mol. The molecule has 0 saturated carbocycles. The molecule has 0 spiro atoms. The molecule has 0 aliphatic carbocycles. The van der Waals surface area contributed by atoms with E-state index in [1.54, 1.807) is 0 Å². The summed E-state index contributed by atoms with van der Waals surface area (Å²) in [5.41, 5.74) is 0.227. The third-order valence-corrected chi connectivity index (χ3v) is 4.47. The lowest BCUT2D eigenvalue weighted by Gasteiger charge is -2.27. The first-order valence-corrected chi connectivity index (χ1v) is 8.78. The van der Waals surface area contributed by atoms with Gasteiger partial charge in [-0.2, -0.15) is 5.26 Å². The van der Waals surface area contributed by atoms with Crippen molar-refractivity contribution in [2.45, 2.75) is 31.3 Å². The van der Waals surface area contributed by atoms with E-state index in [4.69, 9.17) is 5.26 Å². The fourth-order valence-electron chi connectivity index (χ4n) is 2.41. The maximum atomic E-state index is 12.1. The predicted molar refractivity (Wildman–Crippen MR) is 88.4 cm³/mol. The van der Waals surface area contributed by atoms with Crippen LogP contribution in [0.15, 0.2) is 9.95 Å². The Morgan fingerprint density at radius 3 is 2.83 bits per heavy atom. The lowest BCUT2D eigenvalue weighted by molar-refractivity contribution is -0.131. The number of aryl methyl sites for hydroxylation is 1. The molecule has 1 fully saturated rings. The number of piperazine rings is 1. The molecule has 1 aromatic heterocycles. The minimum Gasteiger partial charge on any atom is -0.340 e. The van der Waals surface area contributed by atoms with Gasteiger partial charge in [-0.25, -0.2) is 4.98 Å². The first-order valence-electron chi connectivity index (χ1n) is 7.80. The molecular weight excluding hydrogens is 314 g/mol. The van der Waals surface area contributed by atoms with Gasteiger partial charge < -0.3 is 15.2 Å². The Morgan fingerprint density at radius 1 is 1.43 bits per heavy atom. The zero-order valence-corrected chi connectivity index (χ0v) is 14.0. The van der Waals surface area contributed by atoms with Crippen molar-refractivity contribution in [1.82, 2.24) is 20.2 Å². The van der Waals surface area contributed by atoms with Gasteiger partial charge >= 0.3 is 0 Å². The first kappa shape index (κ1) is 17.5. The molecule has 0 bridgehead atoms. The van der Waals surface area contributed by atoms with E-state index in [2.05, 4.69) is 15.3 Å². The zero-order chi connectivity index (χ0) is 16.7. The highest BCUT2D eigenvalue weighted by Gasteiger charge is 2.16. The molecule has 124 valence electrons. The third kappa shape index (κ3) is 4.81. The van der Waals surface area contributed by atoms with Gasteiger partial charge in [-0.1, -0.05) is 25.1 Å². The molecule has 1 amide bonds. The quantitative estimate of drug-likeness (QED) is 0.580. The lowest BCUT2D eigenvalue weighted by atomic mass is 10.1. The summed E-state index contributed by atoms with van der Waals surface area (Å²) >= 11 is 1.35. The van der Waals surface area contributed by atoms with E-state index in [0.717, 1.165) is 32.6 Å². The summed E-state index contributed by atoms with van der Waals surface area (Å²) in [6.07, 6.45) is 1.83. The number of amides is 1. The summed E-state index contributed by atoms with van der Waals surface area (Å²) in [4.78, 5) is 32.8. The number of nitrogens with zero attached hydrogens (tertiary/aromatic N) is 3. The first-order chi connectivity index (χ1) is 11.2. The Labute approximate surface area is 139 Å². The molecule has 1 aliphatic rings. The Balaban J connectivity index is 1.94. The van der Waals surface area contributed by atoms with Crippen LogP contribution in [0.4, 0.5) is 0 Å². The molecule has 2 heterocycles. The molecule has 0 atom stereocenters. The van der Waals surface area contributed by atoms with Crippen LogP contribution in [0.3, 0.4) is 0 Å². The Morgan fingerprint density at radius 2 is 2.17 bits per heavy atom. The maximum Gasteiger partial charge on any atom is 0.269 e. The molecule has 1 aliphatic heterocycles. The van der Waals surface area contributed by atoms with Crippen LogP contribution in [-0.2, 0) is 11.2 Å². The van der Waals surface area contributed by atoms with Crippen molar-refractivity contribution >= 4 is 17.7 Å². The van der Waals surface area contributed by atoms with Gasteiger partial charge in [0.2, 0.25) is 5.91 Å². The van der Waals surface area contributed by atoms with E-state index in [9.17, 15) is 9.59 Å². The molecule has 1 saturated heterocycles. The number of H-pyrrole nitrogens is 1. The molecule has 0 aromatic carbocycles. The van der Waals surface area contributed by atoms with Crippen molar-refractivity contribution in [2.75, 3.05) is 31.9 Å². The normalized spacial score (nSPS) is 14.5. The van der Waals surface area contributed by atoms with Gasteiger partial charge in [0.25, 0.3) is 5.56 Å². The van der Waals surface area contributed by atoms with Crippen LogP contribution in [0.1, 0.15) is 31.0 Å². The molecule has 2 N–H and O–H groups in total. The maximum absolute atomic E-state index is 12.1. The van der Waals surface area contributed by atoms with Crippen LogP contribution in [0, 0.1) is 11.3 Å². The molecule has 8 heteroatoms. The lowest BCUT2D eigenvalue weighted by Crippen LogP contribution is -2.46. The van der Waals surface area contributed by atoms with Crippen molar-refractivity contribution in [3.63, 3.8) is 0 Å². The van der Waals surface area contributed by atoms with Crippen LogP contribution in [0.25, 0.3) is 0 Å². The van der Waals surface area contributed by atoms with Crippen LogP contribution in [0.5, 0.6) is 0 Å². The number of hydrogen-bond acceptors (Lipinski definition) is 6. The topological polar surface area (TPSA) is 102 Å². The highest BCUT2D eigenvalue weighted by Crippen LogP contribution is 2.15. The predicted octanol–water partition coefficient (Wildman–Crippen LogP) is 0.508. The Bertz CT molecular complexity index is 646. The van der Waals surface area contributed by atoms with Gasteiger partial charge in [-0.05, 0) is 6.42 Å². The standard InChI is InChI=1S/C15H21N5O2S/c1-2-3-12-11(10-16)14(22)19-15(18-12)23-9-4-13(21)20-7-5-17-6-8-20/h17H,2-9H2,1H3,(H,18,19,22). The van der Waals surface area contributed by atoms with Crippen LogP contribution in [-0.4, -0.2) is 52.7 Å². The molecule has 1 aromatic rings. The number of thioether (sulfide) groups is 1. The van der Waals surface area contributed by atoms with Crippen molar-refractivity contribution in [3.8, 4) is 6.07 Å². The average molecular weight is 335 g/mol. The minimum atomic E-state index is -0.401. The fraction of sp³-hybridized carbons (Fsp3) is 0.600. The van der Waals surface area contributed by atoms with E-state index in [0.29, 0.717) is 29.4 Å². The third-order valence-electron chi connectivity index (χ3n) is 3.60. The second-order valence-electron chi connectivity index (χ2n) is 5.28. The van der Waals surface area contributed by atoms with Gasteiger partial charge in [-0.3, -0.25) is 9.59 Å². The Hall–Kier alpha value is -1.85. The van der Waals surface area contributed by atoms with Gasteiger partial charge in [-0.15, -0.1) is 0 Å². The van der Waals surface area contributed by atoms with E-state index in [1.165, 1.54) is 11.8 Å². The van der Waals surface area contributed by atoms with Crippen LogP contribution in [0.2, 0.25) is 0 Å². The molecule has 2 rings (SSSR count). The van der Waals surface area contributed by atoms with Crippen molar-refractivity contribution in [2.24, 2.45) is 0 Å². The molecule has 23 heavy (non-hydrogen) atoms. The summed E-state index contributed by atoms with van der Waals surface area (Å²) in [6.45, 7) is 5.14. The number of carbonyl (C=O) groups excluding carboxylic acids is 1. The fourth-order valence-corrected chi connectivity index (χ4v) is 3.22. The van der Waals surface area contributed by atoms with Gasteiger partial charge in [0.1, 0.15) is 11.6 Å². The van der Waals surface area contributed by atoms with E-state index >= 15 is 0 Å². The second kappa shape index (κ2) is 8.70. The summed E-state index contributed by atoms with van der Waals surface area (Å²) in [6, 6.07) is 1.91. The van der Waals surface area contributed by atoms with E-state index in [1.807, 2.05) is 17.9 Å². The molecule has 0 unspecified atom stereocenters. The highest BCUT2D eigenvalue weighted by atomic mass is 32.2. The van der Waals surface area contributed by atoms with Crippen LogP contribution >= 0.6 is 11.8 Å². The number of hydrogen-bond donors (Lipinski definition) is 2. The Kier molecular flexibility index (Phi) is 6.62. The zero-order valence-electron chi connectivity index (χ0n) is 13.2. The molecule has 0 radical (unpaired) electrons. The van der Waals surface area contributed by atoms with Crippen molar-refractivity contribution in [3.05, 3.63) is 21.6 Å². The van der Waals surface area contributed by atoms with Crippen LogP contribution < -0.4 is 10.9 Å². The SMILES string of the molecule is CCCc1nc(SCCC(=O)N2CCNCC2)[nH]c(=O)c1C#N. The smallest absolute Gasteiger partial charge is 0.269 e. The number of aromatic amines is 1. The van der Waals surface area contributed by atoms with Gasteiger partial charge in [0.15, 0.2) is 5.16 Å². The van der Waals surface area contributed by atoms with E-state index in [-0.39, 0.29) is 11.5 Å². The average Bonchev–Trinajstić information content (AvgIpc) is 2.56. The number of carbonyl (C=O) groups is 1. The van der Waals surface area contributed by atoms with E-state index < -0.39 is 5.56 Å². The molecule has 7 nitrogen and oxygen atoms in total. The summed E-state index contributed by atoms with van der Waals surface area (Å²) < 4.78 is 0. The number of nitrogens with one attached hydrogen (secondary N) is 2. The molecular formula is C15H21N5O2S. The van der Waals surface area contributed by atoms with Gasteiger partial charge in [0, 0.05) is 38.4 Å². The van der Waals surface area contributed by atoms with Crippen molar-refractivity contribution < 1.29 is 4.79 Å². The highest BCUT2D eigenvalue weighted by molar-refractivity contribution is 7.99. The summed E-state index contributed by atoms with van der Waals surface area (Å²) in [7, 11) is 0. The van der Waals surface area contributed by atoms with Crippen molar-refractivity contribution in [1.29, 1.82) is 5.26 Å². The summed E-state index contributed by atoms with van der Waals surface area (Å²) in [5, 5.41) is 12.7. The minimum absolute atomic E-state index is 0.0908. The largest absolute Gasteiger partial charge is 0.340 e. The second-order valence-corrected chi connectivity index (χ2v) is 6.37. The summed E-state index contributed by atoms with van der Waals surface area (Å²) in [5.74, 6) is 0.687. The number of rotatable bonds is 6.